The van der Waals surface area contributed by atoms with Gasteiger partial charge < -0.3 is 11.1 Å². The summed E-state index contributed by atoms with van der Waals surface area (Å²) in [6.07, 6.45) is 0. The molecule has 0 saturated carbocycles. The van der Waals surface area contributed by atoms with Crippen molar-refractivity contribution in [3.63, 3.8) is 0 Å². The smallest absolute Gasteiger partial charge is 0.238 e. The summed E-state index contributed by atoms with van der Waals surface area (Å²) in [5.41, 5.74) is 8.34. The zero-order valence-corrected chi connectivity index (χ0v) is 13.6. The number of primary sulfonamides is 1. The van der Waals surface area contributed by atoms with Crippen LogP contribution in [0.15, 0.2) is 41.3 Å². The molecule has 1 amide bonds. The number of sulfonamides is 1. The number of hydrogen-bond donors (Lipinski definition) is 4. The molecule has 2 aromatic rings. The number of rotatable bonds is 3. The van der Waals surface area contributed by atoms with E-state index in [0.717, 1.165) is 11.3 Å². The molecule has 124 valence electrons. The van der Waals surface area contributed by atoms with Crippen LogP contribution in [0.25, 0.3) is 11.1 Å². The monoisotopic (exact) mass is 344 g/mol. The van der Waals surface area contributed by atoms with E-state index in [1.54, 1.807) is 37.3 Å². The predicted molar refractivity (Wildman–Crippen MR) is 91.3 cm³/mol. The summed E-state index contributed by atoms with van der Waals surface area (Å²) < 4.78 is 23.6. The van der Waals surface area contributed by atoms with Gasteiger partial charge in [-0.1, -0.05) is 18.2 Å². The predicted octanol–water partition coefficient (Wildman–Crippen LogP) is 1.34. The topological polar surface area (TPSA) is 139 Å². The van der Waals surface area contributed by atoms with Crippen LogP contribution in [0.1, 0.15) is 24.0 Å². The van der Waals surface area contributed by atoms with E-state index in [0.29, 0.717) is 11.1 Å². The van der Waals surface area contributed by atoms with E-state index in [9.17, 15) is 13.2 Å². The SMILES string of the molecule is CC1C(=O)Nc2ccc(-c3cccc(S(N)(=O)=O)c3C(=N)N)cc21. The van der Waals surface area contributed by atoms with Gasteiger partial charge in [0.15, 0.2) is 0 Å². The lowest BCUT2D eigenvalue weighted by Gasteiger charge is -2.14. The van der Waals surface area contributed by atoms with Gasteiger partial charge >= 0.3 is 0 Å². The molecule has 1 aliphatic heterocycles. The number of fused-ring (bicyclic) bond motifs is 1. The molecule has 24 heavy (non-hydrogen) atoms. The fourth-order valence-corrected chi connectivity index (χ4v) is 3.64. The fourth-order valence-electron chi connectivity index (χ4n) is 2.87. The Kier molecular flexibility index (Phi) is 3.66. The van der Waals surface area contributed by atoms with E-state index in [4.69, 9.17) is 16.3 Å². The average Bonchev–Trinajstić information content (AvgIpc) is 2.80. The van der Waals surface area contributed by atoms with Gasteiger partial charge in [-0.3, -0.25) is 10.2 Å². The summed E-state index contributed by atoms with van der Waals surface area (Å²) in [5.74, 6) is -0.785. The number of amidine groups is 1. The van der Waals surface area contributed by atoms with Gasteiger partial charge in [-0.2, -0.15) is 0 Å². The number of nitrogens with two attached hydrogens (primary N) is 2. The lowest BCUT2D eigenvalue weighted by molar-refractivity contribution is -0.116. The first-order valence-electron chi connectivity index (χ1n) is 7.15. The molecule has 3 rings (SSSR count). The van der Waals surface area contributed by atoms with E-state index in [1.165, 1.54) is 6.07 Å². The Balaban J connectivity index is 2.25. The molecule has 2 aromatic carbocycles. The third kappa shape index (κ3) is 2.55. The van der Waals surface area contributed by atoms with Gasteiger partial charge in [0.25, 0.3) is 0 Å². The van der Waals surface area contributed by atoms with Crippen LogP contribution < -0.4 is 16.2 Å². The standard InChI is InChI=1S/C16H16N4O3S/c1-8-11-7-9(5-6-12(11)20-16(8)21)10-3-2-4-13(24(19,22)23)14(10)15(17)18/h2-8H,1H3,(H3,17,18)(H,20,21)(H2,19,22,23). The summed E-state index contributed by atoms with van der Waals surface area (Å²) in [6.45, 7) is 1.79. The number of amides is 1. The molecule has 8 heteroatoms. The first kappa shape index (κ1) is 16.2. The lowest BCUT2D eigenvalue weighted by Crippen LogP contribution is -2.21. The molecule has 1 heterocycles. The van der Waals surface area contributed by atoms with Crippen LogP contribution in [0.3, 0.4) is 0 Å². The maximum Gasteiger partial charge on any atom is 0.238 e. The van der Waals surface area contributed by atoms with Crippen molar-refractivity contribution in [1.82, 2.24) is 0 Å². The van der Waals surface area contributed by atoms with Crippen molar-refractivity contribution >= 4 is 27.5 Å². The molecule has 1 aliphatic rings. The van der Waals surface area contributed by atoms with Gasteiger partial charge in [-0.15, -0.1) is 0 Å². The molecule has 0 bridgehead atoms. The molecule has 6 N–H and O–H groups in total. The zero-order chi connectivity index (χ0) is 17.6. The van der Waals surface area contributed by atoms with Crippen LogP contribution in [0.5, 0.6) is 0 Å². The number of anilines is 1. The van der Waals surface area contributed by atoms with Crippen LogP contribution in [0.2, 0.25) is 0 Å². The van der Waals surface area contributed by atoms with Gasteiger partial charge in [0.05, 0.1) is 10.8 Å². The van der Waals surface area contributed by atoms with E-state index in [1.807, 2.05) is 0 Å². The number of nitrogen functional groups attached to an aromatic ring is 1. The third-order valence-electron chi connectivity index (χ3n) is 4.08. The molecule has 0 radical (unpaired) electrons. The second-order valence-electron chi connectivity index (χ2n) is 5.65. The maximum atomic E-state index is 11.8. The largest absolute Gasteiger partial charge is 0.384 e. The number of carbonyl (C=O) groups excluding carboxylic acids is 1. The van der Waals surface area contributed by atoms with Gasteiger partial charge in [-0.05, 0) is 41.8 Å². The Morgan fingerprint density at radius 2 is 1.96 bits per heavy atom. The van der Waals surface area contributed by atoms with E-state index < -0.39 is 15.9 Å². The van der Waals surface area contributed by atoms with Crippen molar-refractivity contribution in [3.8, 4) is 11.1 Å². The Hall–Kier alpha value is -2.71. The Labute approximate surface area is 139 Å². The normalized spacial score (nSPS) is 16.6. The minimum absolute atomic E-state index is 0.0601. The molecule has 0 aromatic heterocycles. The minimum atomic E-state index is -4.03. The van der Waals surface area contributed by atoms with Crippen LogP contribution in [0, 0.1) is 5.41 Å². The molecule has 0 spiro atoms. The van der Waals surface area contributed by atoms with Crippen LogP contribution in [-0.2, 0) is 14.8 Å². The first-order chi connectivity index (χ1) is 11.2. The van der Waals surface area contributed by atoms with E-state index in [-0.39, 0.29) is 22.3 Å². The highest BCUT2D eigenvalue weighted by atomic mass is 32.2. The van der Waals surface area contributed by atoms with Crippen molar-refractivity contribution in [1.29, 1.82) is 5.41 Å². The van der Waals surface area contributed by atoms with Crippen molar-refractivity contribution in [2.24, 2.45) is 10.9 Å². The van der Waals surface area contributed by atoms with Crippen LogP contribution >= 0.6 is 0 Å². The van der Waals surface area contributed by atoms with Crippen molar-refractivity contribution < 1.29 is 13.2 Å². The van der Waals surface area contributed by atoms with Gasteiger partial charge in [-0.25, -0.2) is 13.6 Å². The van der Waals surface area contributed by atoms with Crippen molar-refractivity contribution in [3.05, 3.63) is 47.5 Å². The number of benzene rings is 2. The summed E-state index contributed by atoms with van der Waals surface area (Å²) in [4.78, 5) is 11.6. The summed E-state index contributed by atoms with van der Waals surface area (Å²) in [7, 11) is -4.03. The van der Waals surface area contributed by atoms with Crippen molar-refractivity contribution in [2.75, 3.05) is 5.32 Å². The third-order valence-corrected chi connectivity index (χ3v) is 5.04. The van der Waals surface area contributed by atoms with Gasteiger partial charge in [0.1, 0.15) is 5.84 Å². The first-order valence-corrected chi connectivity index (χ1v) is 8.70. The Morgan fingerprint density at radius 3 is 2.58 bits per heavy atom. The number of hydrogen-bond acceptors (Lipinski definition) is 4. The highest BCUT2D eigenvalue weighted by molar-refractivity contribution is 7.89. The van der Waals surface area contributed by atoms with Gasteiger partial charge in [0.2, 0.25) is 15.9 Å². The molecule has 0 aliphatic carbocycles. The minimum Gasteiger partial charge on any atom is -0.384 e. The fraction of sp³-hybridized carbons (Fsp3) is 0.125. The maximum absolute atomic E-state index is 11.8. The molecular weight excluding hydrogens is 328 g/mol. The summed E-state index contributed by atoms with van der Waals surface area (Å²) in [5, 5.41) is 15.8. The molecular formula is C16H16N4O3S. The van der Waals surface area contributed by atoms with E-state index in [2.05, 4.69) is 5.32 Å². The second kappa shape index (κ2) is 5.43. The highest BCUT2D eigenvalue weighted by Crippen LogP contribution is 2.37. The van der Waals surface area contributed by atoms with E-state index >= 15 is 0 Å². The summed E-state index contributed by atoms with van der Waals surface area (Å²) in [6, 6.07) is 9.82. The molecule has 1 atom stereocenters. The quantitative estimate of drug-likeness (QED) is 0.493. The summed E-state index contributed by atoms with van der Waals surface area (Å²) >= 11 is 0. The lowest BCUT2D eigenvalue weighted by atomic mass is 9.94. The molecule has 7 nitrogen and oxygen atoms in total. The second-order valence-corrected chi connectivity index (χ2v) is 7.18. The zero-order valence-electron chi connectivity index (χ0n) is 12.8. The molecule has 0 saturated heterocycles. The highest BCUT2D eigenvalue weighted by Gasteiger charge is 2.27. The Morgan fingerprint density at radius 1 is 1.25 bits per heavy atom. The van der Waals surface area contributed by atoms with Crippen LogP contribution in [0.4, 0.5) is 5.69 Å². The van der Waals surface area contributed by atoms with Crippen molar-refractivity contribution in [2.45, 2.75) is 17.7 Å². The van der Waals surface area contributed by atoms with Crippen LogP contribution in [-0.4, -0.2) is 20.2 Å². The molecule has 0 fully saturated rings. The molecule has 1 unspecified atom stereocenters. The van der Waals surface area contributed by atoms with Gasteiger partial charge in [0, 0.05) is 11.3 Å². The number of carbonyl (C=O) groups is 1. The Bertz CT molecular complexity index is 983. The average molecular weight is 344 g/mol. The number of nitrogens with one attached hydrogen (secondary N) is 2.